The second-order valence-electron chi connectivity index (χ2n) is 8.24. The molecule has 0 saturated heterocycles. The van der Waals surface area contributed by atoms with E-state index in [0.717, 1.165) is 16.0 Å². The van der Waals surface area contributed by atoms with E-state index in [9.17, 15) is 18.9 Å². The average Bonchev–Trinajstić information content (AvgIpc) is 2.94. The van der Waals surface area contributed by atoms with Gasteiger partial charge in [-0.1, -0.05) is 60.7 Å². The summed E-state index contributed by atoms with van der Waals surface area (Å²) in [7, 11) is -3.01. The Kier molecular flexibility index (Phi) is 14.7. The van der Waals surface area contributed by atoms with Crippen LogP contribution in [0.25, 0.3) is 0 Å². The van der Waals surface area contributed by atoms with Crippen LogP contribution in [-0.2, 0) is 50.2 Å². The Morgan fingerprint density at radius 2 is 1.17 bits per heavy atom. The van der Waals surface area contributed by atoms with Gasteiger partial charge in [-0.25, -0.2) is 14.2 Å². The first kappa shape index (κ1) is 33.1. The van der Waals surface area contributed by atoms with E-state index in [1.807, 2.05) is 60.7 Å². The molecule has 0 aliphatic heterocycles. The lowest BCUT2D eigenvalue weighted by Crippen LogP contribution is -2.40. The molecule has 0 aliphatic rings. The molecule has 2 rings (SSSR count). The minimum Gasteiger partial charge on any atom is -0.480 e. The fourth-order valence-electron chi connectivity index (χ4n) is 3.04. The lowest BCUT2D eigenvalue weighted by molar-refractivity contribution is -0.137. The number of carboxylic acids is 1. The highest BCUT2D eigenvalue weighted by atomic mass is 31.2. The first-order valence-electron chi connectivity index (χ1n) is 12.5. The fourth-order valence-corrected chi connectivity index (χ4v) is 4.30. The highest BCUT2D eigenvalue weighted by Gasteiger charge is 2.28. The molecule has 15 heteroatoms. The number of hydrogen-bond acceptors (Lipinski definition) is 11. The summed E-state index contributed by atoms with van der Waals surface area (Å²) in [5.74, 6) is -1.80. The van der Waals surface area contributed by atoms with Crippen molar-refractivity contribution in [3.05, 3.63) is 71.8 Å². The number of ether oxygens (including phenoxy) is 4. The molecule has 0 unspecified atom stereocenters. The molecule has 0 aliphatic carbocycles. The lowest BCUT2D eigenvalue weighted by Gasteiger charge is -2.24. The van der Waals surface area contributed by atoms with Gasteiger partial charge in [-0.3, -0.25) is 24.3 Å². The summed E-state index contributed by atoms with van der Waals surface area (Å²) in [4.78, 5) is 35.4. The maximum Gasteiger partial charge on any atom is 0.508 e. The van der Waals surface area contributed by atoms with Crippen LogP contribution in [0.5, 0.6) is 0 Å². The van der Waals surface area contributed by atoms with Crippen molar-refractivity contribution in [3.63, 3.8) is 0 Å². The van der Waals surface area contributed by atoms with E-state index in [2.05, 4.69) is 5.09 Å². The van der Waals surface area contributed by atoms with Crippen LogP contribution in [0.15, 0.2) is 60.7 Å². The van der Waals surface area contributed by atoms with Crippen molar-refractivity contribution >= 4 is 32.0 Å². The monoisotopic (exact) mass is 595 g/mol. The van der Waals surface area contributed by atoms with Crippen molar-refractivity contribution in [2.24, 2.45) is 0 Å². The highest BCUT2D eigenvalue weighted by molar-refractivity contribution is 7.52. The minimum absolute atomic E-state index is 0.0919. The zero-order chi connectivity index (χ0) is 29.9. The molecule has 3 N–H and O–H groups in total. The summed E-state index contributed by atoms with van der Waals surface area (Å²) in [5.41, 5.74) is 1.96. The largest absolute Gasteiger partial charge is 0.508 e. The molecular formula is C26H34N3O11P. The molecule has 0 radical (unpaired) electrons. The molecule has 0 saturated carbocycles. The average molecular weight is 596 g/mol. The maximum atomic E-state index is 13.1. The molecule has 224 valence electrons. The van der Waals surface area contributed by atoms with E-state index in [-0.39, 0.29) is 26.4 Å². The van der Waals surface area contributed by atoms with Crippen LogP contribution in [0.1, 0.15) is 11.1 Å². The van der Waals surface area contributed by atoms with Crippen molar-refractivity contribution in [2.75, 3.05) is 53.2 Å². The Labute approximate surface area is 237 Å². The minimum atomic E-state index is -4.29. The maximum absolute atomic E-state index is 13.1. The van der Waals surface area contributed by atoms with Gasteiger partial charge in [-0.05, 0) is 11.1 Å². The molecule has 0 fully saturated rings. The summed E-state index contributed by atoms with van der Waals surface area (Å²) in [5, 5.41) is 19.1. The van der Waals surface area contributed by atoms with Gasteiger partial charge in [0.15, 0.2) is 5.96 Å². The van der Waals surface area contributed by atoms with E-state index in [4.69, 9.17) is 38.5 Å². The number of carbonyl (C=O) groups is 3. The van der Waals surface area contributed by atoms with Crippen molar-refractivity contribution in [1.82, 2.24) is 9.99 Å². The Balaban J connectivity index is 1.75. The summed E-state index contributed by atoms with van der Waals surface area (Å²) in [6, 6.07) is 18.8. The van der Waals surface area contributed by atoms with Gasteiger partial charge in [0.1, 0.15) is 19.8 Å². The number of hydrogen-bond donors (Lipinski definition) is 3. The topological polar surface area (TPSA) is 183 Å². The van der Waals surface area contributed by atoms with Gasteiger partial charge in [0.05, 0.1) is 26.4 Å². The predicted molar refractivity (Wildman–Crippen MR) is 146 cm³/mol. The third-order valence-electron chi connectivity index (χ3n) is 5.03. The molecule has 41 heavy (non-hydrogen) atoms. The summed E-state index contributed by atoms with van der Waals surface area (Å²) in [6.45, 7) is -1.94. The number of nitrogens with zero attached hydrogens (tertiary/aromatic N) is 1. The quantitative estimate of drug-likeness (QED) is 0.0795. The molecule has 0 aromatic heterocycles. The number of carboxylic acid groups (broad SMARTS) is 1. The van der Waals surface area contributed by atoms with Crippen LogP contribution in [0.3, 0.4) is 0 Å². The van der Waals surface area contributed by atoms with E-state index in [0.29, 0.717) is 12.8 Å². The van der Waals surface area contributed by atoms with Crippen LogP contribution in [0.4, 0.5) is 9.59 Å². The Morgan fingerprint density at radius 3 is 1.59 bits per heavy atom. The van der Waals surface area contributed by atoms with Crippen LogP contribution in [-0.4, -0.2) is 87.5 Å². The summed E-state index contributed by atoms with van der Waals surface area (Å²) >= 11 is 0. The first-order valence-corrected chi connectivity index (χ1v) is 14.1. The predicted octanol–water partition coefficient (Wildman–Crippen LogP) is 3.46. The van der Waals surface area contributed by atoms with Crippen molar-refractivity contribution in [1.29, 1.82) is 5.41 Å². The third-order valence-corrected chi connectivity index (χ3v) is 6.56. The molecule has 2 aromatic carbocycles. The number of benzene rings is 2. The van der Waals surface area contributed by atoms with Crippen LogP contribution >= 0.6 is 7.75 Å². The molecule has 0 heterocycles. The zero-order valence-corrected chi connectivity index (χ0v) is 23.5. The van der Waals surface area contributed by atoms with E-state index >= 15 is 0 Å². The number of rotatable bonds is 17. The van der Waals surface area contributed by atoms with Crippen molar-refractivity contribution < 1.29 is 52.1 Å². The van der Waals surface area contributed by atoms with Gasteiger partial charge in [-0.2, -0.15) is 0 Å². The van der Waals surface area contributed by atoms with Crippen LogP contribution in [0.2, 0.25) is 0 Å². The summed E-state index contributed by atoms with van der Waals surface area (Å²) < 4.78 is 43.3. The zero-order valence-electron chi connectivity index (χ0n) is 22.6. The van der Waals surface area contributed by atoms with Crippen LogP contribution in [0, 0.1) is 5.41 Å². The second-order valence-corrected chi connectivity index (χ2v) is 9.97. The van der Waals surface area contributed by atoms with Gasteiger partial charge >= 0.3 is 26.0 Å². The number of carbonyl (C=O) groups excluding carboxylic acids is 2. The van der Waals surface area contributed by atoms with E-state index in [1.165, 1.54) is 7.05 Å². The Bertz CT molecular complexity index is 1080. The summed E-state index contributed by atoms with van der Waals surface area (Å²) in [6.07, 6.45) is -0.926. The van der Waals surface area contributed by atoms with Gasteiger partial charge in [-0.15, -0.1) is 0 Å². The van der Waals surface area contributed by atoms with Gasteiger partial charge in [0.2, 0.25) is 0 Å². The Morgan fingerprint density at radius 1 is 0.756 bits per heavy atom. The van der Waals surface area contributed by atoms with Crippen LogP contribution < -0.4 is 5.09 Å². The Hall–Kier alpha value is -4.13. The standard InChI is InChI=1S/C26H34N3O11P/c1-29(20-23(30)31)24(27)28-41(34,39-18-16-37-25(32)35-14-12-21-8-4-2-5-9-21)40-19-17-38-26(33)36-15-13-22-10-6-3-7-11-22/h2-11H,12-20H2,1H3,(H,30,31)(H2,27,28,34). The third kappa shape index (κ3) is 14.7. The molecule has 0 bridgehead atoms. The molecule has 2 aromatic rings. The molecule has 0 spiro atoms. The van der Waals surface area contributed by atoms with Gasteiger partial charge in [0.25, 0.3) is 0 Å². The van der Waals surface area contributed by atoms with Crippen molar-refractivity contribution in [2.45, 2.75) is 12.8 Å². The number of guanidine groups is 1. The molecule has 0 amide bonds. The first-order chi connectivity index (χ1) is 19.7. The molecule has 14 nitrogen and oxygen atoms in total. The van der Waals surface area contributed by atoms with E-state index < -0.39 is 51.7 Å². The molecular weight excluding hydrogens is 561 g/mol. The number of likely N-dealkylation sites (N-methyl/N-ethyl adjacent to an activating group) is 1. The normalized spacial score (nSPS) is 10.8. The van der Waals surface area contributed by atoms with E-state index in [1.54, 1.807) is 0 Å². The highest BCUT2D eigenvalue weighted by Crippen LogP contribution is 2.43. The van der Waals surface area contributed by atoms with Crippen molar-refractivity contribution in [3.8, 4) is 0 Å². The van der Waals surface area contributed by atoms with Gasteiger partial charge in [0, 0.05) is 19.9 Å². The second kappa shape index (κ2) is 18.3. The fraction of sp³-hybridized carbons (Fsp3) is 0.385. The number of nitrogens with one attached hydrogen (secondary N) is 2. The smallest absolute Gasteiger partial charge is 0.480 e. The van der Waals surface area contributed by atoms with Gasteiger partial charge < -0.3 is 29.0 Å². The number of aliphatic carboxylic acids is 1. The lowest BCUT2D eigenvalue weighted by atomic mass is 10.2. The SMILES string of the molecule is CN(CC(=O)O)C(=N)NP(=O)(OCCOC(=O)OCCc1ccccc1)OCCOC(=O)OCCc1ccccc1. The molecule has 0 atom stereocenters.